The van der Waals surface area contributed by atoms with E-state index in [-0.39, 0.29) is 17.1 Å². The van der Waals surface area contributed by atoms with Crippen LogP contribution in [0.2, 0.25) is 0 Å². The fourth-order valence-electron chi connectivity index (χ4n) is 1.69. The summed E-state index contributed by atoms with van der Waals surface area (Å²) in [7, 11) is 0. The van der Waals surface area contributed by atoms with Crippen molar-refractivity contribution in [2.24, 2.45) is 5.84 Å². The van der Waals surface area contributed by atoms with E-state index in [9.17, 15) is 19.7 Å². The number of carbonyl (C=O) groups excluding carboxylic acids is 2. The largest absolute Gasteiger partial charge is 0.459 e. The number of nitrogens with two attached hydrogens (primary N) is 1. The molecule has 0 aliphatic carbocycles. The summed E-state index contributed by atoms with van der Waals surface area (Å²) in [6, 6.07) is 8.37. The molecular formula is C14H12N4O5. The van der Waals surface area contributed by atoms with Crippen LogP contribution in [0.25, 0.3) is 6.08 Å². The van der Waals surface area contributed by atoms with Gasteiger partial charge in [-0.2, -0.15) is 0 Å². The normalized spacial score (nSPS) is 10.9. The van der Waals surface area contributed by atoms with Gasteiger partial charge in [0.15, 0.2) is 5.76 Å². The van der Waals surface area contributed by atoms with Crippen molar-refractivity contribution < 1.29 is 18.9 Å². The van der Waals surface area contributed by atoms with Crippen LogP contribution in [0.5, 0.6) is 0 Å². The number of amides is 2. The molecule has 23 heavy (non-hydrogen) atoms. The second kappa shape index (κ2) is 7.00. The average molecular weight is 316 g/mol. The van der Waals surface area contributed by atoms with Crippen molar-refractivity contribution in [1.82, 2.24) is 10.7 Å². The first-order valence-electron chi connectivity index (χ1n) is 6.33. The van der Waals surface area contributed by atoms with Gasteiger partial charge in [-0.3, -0.25) is 25.1 Å². The van der Waals surface area contributed by atoms with Crippen molar-refractivity contribution in [3.05, 3.63) is 69.8 Å². The first-order valence-corrected chi connectivity index (χ1v) is 6.33. The lowest BCUT2D eigenvalue weighted by atomic mass is 10.1. The third-order valence-electron chi connectivity index (χ3n) is 2.78. The molecular weight excluding hydrogens is 304 g/mol. The minimum absolute atomic E-state index is 0.0180. The molecule has 0 bridgehead atoms. The van der Waals surface area contributed by atoms with Gasteiger partial charge in [0, 0.05) is 12.1 Å². The summed E-state index contributed by atoms with van der Waals surface area (Å²) in [4.78, 5) is 33.7. The number of carbonyl (C=O) groups is 2. The van der Waals surface area contributed by atoms with Crippen LogP contribution in [-0.2, 0) is 4.79 Å². The molecule has 0 radical (unpaired) electrons. The lowest BCUT2D eigenvalue weighted by Crippen LogP contribution is -2.38. The summed E-state index contributed by atoms with van der Waals surface area (Å²) in [5, 5.41) is 13.0. The Labute approximate surface area is 129 Å². The van der Waals surface area contributed by atoms with E-state index in [1.54, 1.807) is 0 Å². The Morgan fingerprint density at radius 2 is 1.91 bits per heavy atom. The van der Waals surface area contributed by atoms with Crippen molar-refractivity contribution in [1.29, 1.82) is 0 Å². The van der Waals surface area contributed by atoms with E-state index >= 15 is 0 Å². The van der Waals surface area contributed by atoms with Crippen LogP contribution in [0.1, 0.15) is 16.1 Å². The first kappa shape index (κ1) is 15.9. The van der Waals surface area contributed by atoms with E-state index in [1.807, 2.05) is 5.43 Å². The Morgan fingerprint density at radius 3 is 2.43 bits per heavy atom. The number of hydrazine groups is 1. The topological polar surface area (TPSA) is 140 Å². The Bertz CT molecular complexity index is 750. The fourth-order valence-corrected chi connectivity index (χ4v) is 1.69. The number of non-ortho nitro benzene ring substituents is 1. The van der Waals surface area contributed by atoms with Gasteiger partial charge in [-0.25, -0.2) is 5.84 Å². The van der Waals surface area contributed by atoms with E-state index < -0.39 is 16.7 Å². The SMILES string of the molecule is NNC(=O)/C(=C/c1ccc([N+](=O)[O-])cc1)NC(=O)c1ccco1. The number of nitro groups is 1. The maximum absolute atomic E-state index is 11.9. The summed E-state index contributed by atoms with van der Waals surface area (Å²) in [5.41, 5.74) is 2.14. The Morgan fingerprint density at radius 1 is 1.22 bits per heavy atom. The summed E-state index contributed by atoms with van der Waals surface area (Å²) >= 11 is 0. The van der Waals surface area contributed by atoms with Crippen molar-refractivity contribution in [2.45, 2.75) is 0 Å². The van der Waals surface area contributed by atoms with Crippen LogP contribution in [0, 0.1) is 10.1 Å². The Balaban J connectivity index is 2.25. The van der Waals surface area contributed by atoms with Crippen molar-refractivity contribution in [3.63, 3.8) is 0 Å². The van der Waals surface area contributed by atoms with Crippen LogP contribution in [0.3, 0.4) is 0 Å². The maximum Gasteiger partial charge on any atom is 0.291 e. The molecule has 0 saturated carbocycles. The minimum Gasteiger partial charge on any atom is -0.459 e. The molecule has 1 aromatic carbocycles. The minimum atomic E-state index is -0.733. The number of hydrogen-bond acceptors (Lipinski definition) is 6. The number of furan rings is 1. The lowest BCUT2D eigenvalue weighted by Gasteiger charge is -2.07. The van der Waals surface area contributed by atoms with Gasteiger partial charge >= 0.3 is 0 Å². The number of rotatable bonds is 5. The van der Waals surface area contributed by atoms with Gasteiger partial charge in [-0.05, 0) is 35.9 Å². The molecule has 0 saturated heterocycles. The van der Waals surface area contributed by atoms with E-state index in [0.29, 0.717) is 5.56 Å². The van der Waals surface area contributed by atoms with Gasteiger partial charge in [0.2, 0.25) is 0 Å². The maximum atomic E-state index is 11.9. The molecule has 0 aliphatic rings. The first-order chi connectivity index (χ1) is 11.0. The molecule has 0 atom stereocenters. The highest BCUT2D eigenvalue weighted by Gasteiger charge is 2.15. The lowest BCUT2D eigenvalue weighted by molar-refractivity contribution is -0.384. The van der Waals surface area contributed by atoms with Gasteiger partial charge in [-0.1, -0.05) is 0 Å². The van der Waals surface area contributed by atoms with E-state index in [4.69, 9.17) is 10.3 Å². The van der Waals surface area contributed by atoms with Gasteiger partial charge in [0.25, 0.3) is 17.5 Å². The summed E-state index contributed by atoms with van der Waals surface area (Å²) in [5.74, 6) is 3.73. The summed E-state index contributed by atoms with van der Waals surface area (Å²) in [6.45, 7) is 0. The molecule has 2 amide bonds. The van der Waals surface area contributed by atoms with Crippen molar-refractivity contribution >= 4 is 23.6 Å². The third kappa shape index (κ3) is 4.02. The van der Waals surface area contributed by atoms with Crippen LogP contribution < -0.4 is 16.6 Å². The quantitative estimate of drug-likeness (QED) is 0.246. The number of benzene rings is 1. The fraction of sp³-hybridized carbons (Fsp3) is 0. The number of nitrogens with one attached hydrogen (secondary N) is 2. The van der Waals surface area contributed by atoms with Crippen molar-refractivity contribution in [3.8, 4) is 0 Å². The van der Waals surface area contributed by atoms with Crippen molar-refractivity contribution in [2.75, 3.05) is 0 Å². The van der Waals surface area contributed by atoms with Crippen LogP contribution in [-0.4, -0.2) is 16.7 Å². The Kier molecular flexibility index (Phi) is 4.85. The standard InChI is InChI=1S/C14H12N4O5/c15-17-13(19)11(16-14(20)12-2-1-7-23-12)8-9-3-5-10(6-4-9)18(21)22/h1-8H,15H2,(H,16,20)(H,17,19)/b11-8-. The van der Waals surface area contributed by atoms with E-state index in [0.717, 1.165) is 0 Å². The van der Waals surface area contributed by atoms with Gasteiger partial charge in [0.1, 0.15) is 5.70 Å². The highest BCUT2D eigenvalue weighted by Crippen LogP contribution is 2.14. The molecule has 4 N–H and O–H groups in total. The zero-order chi connectivity index (χ0) is 16.8. The molecule has 0 spiro atoms. The van der Waals surface area contributed by atoms with Gasteiger partial charge < -0.3 is 9.73 Å². The second-order valence-corrected chi connectivity index (χ2v) is 4.31. The molecule has 0 unspecified atom stereocenters. The summed E-state index contributed by atoms with van der Waals surface area (Å²) in [6.07, 6.45) is 2.64. The molecule has 0 aliphatic heterocycles. The third-order valence-corrected chi connectivity index (χ3v) is 2.78. The average Bonchev–Trinajstić information content (AvgIpc) is 3.08. The molecule has 0 fully saturated rings. The molecule has 2 aromatic rings. The Hall–Kier alpha value is -3.46. The highest BCUT2D eigenvalue weighted by molar-refractivity contribution is 6.04. The predicted octanol–water partition coefficient (Wildman–Crippen LogP) is 0.949. The highest BCUT2D eigenvalue weighted by atomic mass is 16.6. The number of hydrogen-bond donors (Lipinski definition) is 3. The number of nitrogens with zero attached hydrogens (tertiary/aromatic N) is 1. The monoisotopic (exact) mass is 316 g/mol. The van der Waals surface area contributed by atoms with Gasteiger partial charge in [0.05, 0.1) is 11.2 Å². The summed E-state index contributed by atoms with van der Waals surface area (Å²) < 4.78 is 4.92. The van der Waals surface area contributed by atoms with E-state index in [1.165, 1.54) is 48.7 Å². The molecule has 1 aromatic heterocycles. The molecule has 9 nitrogen and oxygen atoms in total. The second-order valence-electron chi connectivity index (χ2n) is 4.31. The zero-order valence-electron chi connectivity index (χ0n) is 11.7. The molecule has 1 heterocycles. The predicted molar refractivity (Wildman–Crippen MR) is 79.6 cm³/mol. The van der Waals surface area contributed by atoms with Crippen LogP contribution >= 0.6 is 0 Å². The van der Waals surface area contributed by atoms with E-state index in [2.05, 4.69) is 5.32 Å². The molecule has 118 valence electrons. The zero-order valence-corrected chi connectivity index (χ0v) is 11.7. The van der Waals surface area contributed by atoms with Crippen LogP contribution in [0.15, 0.2) is 52.8 Å². The molecule has 9 heteroatoms. The van der Waals surface area contributed by atoms with Gasteiger partial charge in [-0.15, -0.1) is 0 Å². The number of nitro benzene ring substituents is 1. The van der Waals surface area contributed by atoms with Crippen LogP contribution in [0.4, 0.5) is 5.69 Å². The smallest absolute Gasteiger partial charge is 0.291 e. The molecule has 2 rings (SSSR count).